The van der Waals surface area contributed by atoms with Crippen molar-refractivity contribution in [1.82, 2.24) is 9.78 Å². The molecule has 4 nitrogen and oxygen atoms in total. The molecule has 0 radical (unpaired) electrons. The topological polar surface area (TPSA) is 44.1 Å². The molecule has 0 aliphatic rings. The Morgan fingerprint density at radius 3 is 2.67 bits per heavy atom. The molecule has 0 aromatic carbocycles. The van der Waals surface area contributed by atoms with Gasteiger partial charge in [-0.1, -0.05) is 0 Å². The highest BCUT2D eigenvalue weighted by Gasteiger charge is 2.11. The molecule has 0 spiro atoms. The second-order valence-corrected chi connectivity index (χ2v) is 3.31. The first-order chi connectivity index (χ1) is 7.07. The van der Waals surface area contributed by atoms with Crippen LogP contribution in [0.5, 0.6) is 0 Å². The molecule has 0 N–H and O–H groups in total. The number of carbonyl (C=O) groups excluding carboxylic acids is 1. The van der Waals surface area contributed by atoms with Gasteiger partial charge in [-0.2, -0.15) is 5.10 Å². The number of esters is 1. The van der Waals surface area contributed by atoms with Crippen LogP contribution in [0.25, 0.3) is 5.57 Å². The Balaban J connectivity index is 3.00. The summed E-state index contributed by atoms with van der Waals surface area (Å²) in [5.41, 5.74) is 2.45. The molecule has 0 aliphatic carbocycles. The van der Waals surface area contributed by atoms with Crippen LogP contribution in [0.1, 0.15) is 26.5 Å². The summed E-state index contributed by atoms with van der Waals surface area (Å²) in [6, 6.07) is 1.87. The fraction of sp³-hybridized carbons (Fsp3) is 0.455. The van der Waals surface area contributed by atoms with Gasteiger partial charge in [-0.3, -0.25) is 4.68 Å². The lowest BCUT2D eigenvalue weighted by Gasteiger charge is -2.07. The van der Waals surface area contributed by atoms with Crippen molar-refractivity contribution in [2.24, 2.45) is 7.05 Å². The van der Waals surface area contributed by atoms with Crippen LogP contribution in [-0.4, -0.2) is 22.4 Å². The molecule has 0 fully saturated rings. The molecule has 15 heavy (non-hydrogen) atoms. The van der Waals surface area contributed by atoms with Crippen molar-refractivity contribution >= 4 is 11.5 Å². The third-order valence-corrected chi connectivity index (χ3v) is 2.35. The van der Waals surface area contributed by atoms with Gasteiger partial charge in [-0.25, -0.2) is 4.79 Å². The lowest BCUT2D eigenvalue weighted by atomic mass is 10.1. The molecule has 1 heterocycles. The van der Waals surface area contributed by atoms with E-state index in [1.54, 1.807) is 24.7 Å². The fourth-order valence-corrected chi connectivity index (χ4v) is 1.33. The van der Waals surface area contributed by atoms with E-state index in [-0.39, 0.29) is 5.97 Å². The van der Waals surface area contributed by atoms with Gasteiger partial charge < -0.3 is 4.74 Å². The third kappa shape index (κ3) is 2.46. The smallest absolute Gasteiger partial charge is 0.334 e. The summed E-state index contributed by atoms with van der Waals surface area (Å²) in [7, 11) is 1.84. The summed E-state index contributed by atoms with van der Waals surface area (Å²) >= 11 is 0. The van der Waals surface area contributed by atoms with E-state index in [2.05, 4.69) is 5.10 Å². The van der Waals surface area contributed by atoms with Gasteiger partial charge in [0.2, 0.25) is 0 Å². The van der Waals surface area contributed by atoms with Crippen molar-refractivity contribution in [3.05, 3.63) is 23.5 Å². The summed E-state index contributed by atoms with van der Waals surface area (Å²) in [5, 5.41) is 4.06. The first-order valence-electron chi connectivity index (χ1n) is 4.91. The van der Waals surface area contributed by atoms with Gasteiger partial charge in [0.1, 0.15) is 0 Å². The average molecular weight is 208 g/mol. The number of hydrogen-bond acceptors (Lipinski definition) is 3. The minimum atomic E-state index is -0.267. The predicted octanol–water partition coefficient (Wildman–Crippen LogP) is 1.78. The first kappa shape index (κ1) is 11.5. The third-order valence-electron chi connectivity index (χ3n) is 2.35. The van der Waals surface area contributed by atoms with Gasteiger partial charge >= 0.3 is 5.97 Å². The Labute approximate surface area is 89.5 Å². The van der Waals surface area contributed by atoms with Gasteiger partial charge in [-0.05, 0) is 32.4 Å². The van der Waals surface area contributed by atoms with E-state index >= 15 is 0 Å². The zero-order chi connectivity index (χ0) is 11.4. The monoisotopic (exact) mass is 208 g/mol. The molecule has 1 rings (SSSR count). The maximum Gasteiger partial charge on any atom is 0.334 e. The maximum atomic E-state index is 11.5. The highest BCUT2D eigenvalue weighted by Crippen LogP contribution is 2.17. The molecule has 0 aliphatic heterocycles. The van der Waals surface area contributed by atoms with Crippen LogP contribution in [0.4, 0.5) is 0 Å². The predicted molar refractivity (Wildman–Crippen MR) is 58.1 cm³/mol. The van der Waals surface area contributed by atoms with Crippen LogP contribution in [-0.2, 0) is 16.6 Å². The lowest BCUT2D eigenvalue weighted by Crippen LogP contribution is -2.08. The van der Waals surface area contributed by atoms with Crippen LogP contribution in [0.3, 0.4) is 0 Å². The number of carbonyl (C=O) groups is 1. The molecular weight excluding hydrogens is 192 g/mol. The molecule has 1 aromatic heterocycles. The van der Waals surface area contributed by atoms with Crippen LogP contribution in [0.15, 0.2) is 17.8 Å². The Kier molecular flexibility index (Phi) is 3.66. The lowest BCUT2D eigenvalue weighted by molar-refractivity contribution is -0.138. The number of nitrogens with zero attached hydrogens (tertiary/aromatic N) is 2. The molecule has 0 saturated heterocycles. The number of rotatable bonds is 3. The molecule has 0 unspecified atom stereocenters. The number of aryl methyl sites for hydroxylation is 1. The summed E-state index contributed by atoms with van der Waals surface area (Å²) < 4.78 is 6.67. The van der Waals surface area contributed by atoms with E-state index in [1.807, 2.05) is 20.0 Å². The Morgan fingerprint density at radius 2 is 2.20 bits per heavy atom. The summed E-state index contributed by atoms with van der Waals surface area (Å²) in [6.07, 6.45) is 1.71. The number of ether oxygens (including phenoxy) is 1. The number of hydrogen-bond donors (Lipinski definition) is 0. The van der Waals surface area contributed by atoms with E-state index in [1.165, 1.54) is 0 Å². The normalized spacial score (nSPS) is 12.3. The van der Waals surface area contributed by atoms with E-state index in [4.69, 9.17) is 4.74 Å². The van der Waals surface area contributed by atoms with E-state index in [0.717, 1.165) is 11.3 Å². The standard InChI is InChI=1S/C11H16N2O2/c1-5-15-11(14)9(3)8(2)10-6-7-12-13(10)4/h6-7H,5H2,1-4H3. The van der Waals surface area contributed by atoms with Gasteiger partial charge in [0.25, 0.3) is 0 Å². The van der Waals surface area contributed by atoms with Crippen LogP contribution < -0.4 is 0 Å². The second-order valence-electron chi connectivity index (χ2n) is 3.31. The van der Waals surface area contributed by atoms with E-state index in [0.29, 0.717) is 12.2 Å². The summed E-state index contributed by atoms with van der Waals surface area (Å²) in [6.45, 7) is 5.85. The molecule has 4 heteroatoms. The first-order valence-corrected chi connectivity index (χ1v) is 4.91. The largest absolute Gasteiger partial charge is 0.463 e. The Hall–Kier alpha value is -1.58. The van der Waals surface area contributed by atoms with E-state index < -0.39 is 0 Å². The SMILES string of the molecule is CCOC(=O)C(C)=C(C)c1ccnn1C. The molecule has 0 saturated carbocycles. The molecule has 0 amide bonds. The van der Waals surface area contributed by atoms with Crippen molar-refractivity contribution in [2.45, 2.75) is 20.8 Å². The van der Waals surface area contributed by atoms with Gasteiger partial charge in [-0.15, -0.1) is 0 Å². The van der Waals surface area contributed by atoms with Crippen molar-refractivity contribution in [1.29, 1.82) is 0 Å². The maximum absolute atomic E-state index is 11.5. The second kappa shape index (κ2) is 4.77. The molecule has 82 valence electrons. The van der Waals surface area contributed by atoms with Crippen molar-refractivity contribution in [3.63, 3.8) is 0 Å². The zero-order valence-electron chi connectivity index (χ0n) is 9.57. The highest BCUT2D eigenvalue weighted by molar-refractivity contribution is 5.96. The van der Waals surface area contributed by atoms with Gasteiger partial charge in [0, 0.05) is 18.8 Å². The quantitative estimate of drug-likeness (QED) is 0.561. The van der Waals surface area contributed by atoms with Crippen molar-refractivity contribution in [2.75, 3.05) is 6.61 Å². The van der Waals surface area contributed by atoms with Crippen molar-refractivity contribution in [3.8, 4) is 0 Å². The molecule has 0 atom stereocenters. The highest BCUT2D eigenvalue weighted by atomic mass is 16.5. The van der Waals surface area contributed by atoms with E-state index in [9.17, 15) is 4.79 Å². The Bertz CT molecular complexity index is 391. The van der Waals surface area contributed by atoms with Crippen LogP contribution in [0.2, 0.25) is 0 Å². The van der Waals surface area contributed by atoms with Crippen LogP contribution >= 0.6 is 0 Å². The summed E-state index contributed by atoms with van der Waals surface area (Å²) in [4.78, 5) is 11.5. The Morgan fingerprint density at radius 1 is 1.53 bits per heavy atom. The number of aromatic nitrogens is 2. The zero-order valence-corrected chi connectivity index (χ0v) is 9.57. The average Bonchev–Trinajstić information content (AvgIpc) is 2.62. The molecule has 1 aromatic rings. The fourth-order valence-electron chi connectivity index (χ4n) is 1.33. The van der Waals surface area contributed by atoms with Crippen molar-refractivity contribution < 1.29 is 9.53 Å². The molecular formula is C11H16N2O2. The van der Waals surface area contributed by atoms with Gasteiger partial charge in [0.05, 0.1) is 12.3 Å². The summed E-state index contributed by atoms with van der Waals surface area (Å²) in [5.74, 6) is -0.267. The molecule has 0 bridgehead atoms. The minimum absolute atomic E-state index is 0.267. The number of allylic oxidation sites excluding steroid dienone is 1. The van der Waals surface area contributed by atoms with Crippen LogP contribution in [0, 0.1) is 0 Å². The minimum Gasteiger partial charge on any atom is -0.463 e. The van der Waals surface area contributed by atoms with Gasteiger partial charge in [0.15, 0.2) is 0 Å².